The molecule has 0 atom stereocenters. The SMILES string of the molecule is Cl.FC(F)(F)c1ncc2c(n1)CNCC2. The first-order chi connectivity index (χ1) is 6.57. The van der Waals surface area contributed by atoms with Gasteiger partial charge in [0.2, 0.25) is 5.82 Å². The van der Waals surface area contributed by atoms with Gasteiger partial charge < -0.3 is 5.32 Å². The number of aromatic nitrogens is 2. The first-order valence-corrected chi connectivity index (χ1v) is 4.20. The smallest absolute Gasteiger partial charge is 0.311 e. The third kappa shape index (κ3) is 2.57. The highest BCUT2D eigenvalue weighted by molar-refractivity contribution is 5.85. The summed E-state index contributed by atoms with van der Waals surface area (Å²) in [5, 5.41) is 2.96. The summed E-state index contributed by atoms with van der Waals surface area (Å²) >= 11 is 0. The van der Waals surface area contributed by atoms with E-state index in [9.17, 15) is 13.2 Å². The van der Waals surface area contributed by atoms with Gasteiger partial charge in [-0.2, -0.15) is 13.2 Å². The van der Waals surface area contributed by atoms with Crippen LogP contribution in [0.1, 0.15) is 17.1 Å². The van der Waals surface area contributed by atoms with Gasteiger partial charge in [-0.3, -0.25) is 0 Å². The number of hydrogen-bond donors (Lipinski definition) is 1. The minimum atomic E-state index is -4.45. The largest absolute Gasteiger partial charge is 0.451 e. The van der Waals surface area contributed by atoms with Crippen LogP contribution in [0.5, 0.6) is 0 Å². The highest BCUT2D eigenvalue weighted by Crippen LogP contribution is 2.26. The fraction of sp³-hybridized carbons (Fsp3) is 0.500. The van der Waals surface area contributed by atoms with Crippen molar-refractivity contribution in [1.82, 2.24) is 15.3 Å². The number of fused-ring (bicyclic) bond motifs is 1. The molecule has 1 aromatic heterocycles. The summed E-state index contributed by atoms with van der Waals surface area (Å²) in [4.78, 5) is 6.79. The van der Waals surface area contributed by atoms with Crippen LogP contribution in [0.4, 0.5) is 13.2 Å². The standard InChI is InChI=1S/C8H8F3N3.ClH/c9-8(10,11)7-13-3-5-1-2-12-4-6(5)14-7;/h3,12H,1-2,4H2;1H. The summed E-state index contributed by atoms with van der Waals surface area (Å²) in [6.07, 6.45) is -2.49. The molecular formula is C8H9ClF3N3. The van der Waals surface area contributed by atoms with E-state index in [2.05, 4.69) is 15.3 Å². The minimum absolute atomic E-state index is 0. The van der Waals surface area contributed by atoms with Gasteiger partial charge in [-0.15, -0.1) is 12.4 Å². The lowest BCUT2D eigenvalue weighted by molar-refractivity contribution is -0.145. The lowest BCUT2D eigenvalue weighted by atomic mass is 10.1. The zero-order valence-electron chi connectivity index (χ0n) is 7.64. The summed E-state index contributed by atoms with van der Waals surface area (Å²) in [7, 11) is 0. The predicted molar refractivity (Wildman–Crippen MR) is 49.7 cm³/mol. The van der Waals surface area contributed by atoms with E-state index in [0.29, 0.717) is 18.7 Å². The topological polar surface area (TPSA) is 37.8 Å². The summed E-state index contributed by atoms with van der Waals surface area (Å²) < 4.78 is 36.6. The van der Waals surface area contributed by atoms with E-state index in [1.165, 1.54) is 6.20 Å². The van der Waals surface area contributed by atoms with E-state index in [0.717, 1.165) is 12.1 Å². The molecule has 0 aromatic carbocycles. The summed E-state index contributed by atoms with van der Waals surface area (Å²) in [6.45, 7) is 1.16. The zero-order chi connectivity index (χ0) is 10.2. The third-order valence-corrected chi connectivity index (χ3v) is 2.07. The Balaban J connectivity index is 0.00000112. The molecule has 15 heavy (non-hydrogen) atoms. The molecule has 84 valence electrons. The third-order valence-electron chi connectivity index (χ3n) is 2.07. The van der Waals surface area contributed by atoms with Crippen LogP contribution in [-0.2, 0) is 19.1 Å². The van der Waals surface area contributed by atoms with Gasteiger partial charge in [0, 0.05) is 12.7 Å². The first-order valence-electron chi connectivity index (χ1n) is 4.20. The molecule has 0 spiro atoms. The van der Waals surface area contributed by atoms with E-state index in [-0.39, 0.29) is 12.4 Å². The molecule has 0 fully saturated rings. The fourth-order valence-electron chi connectivity index (χ4n) is 1.37. The Morgan fingerprint density at radius 3 is 2.73 bits per heavy atom. The number of alkyl halides is 3. The Labute approximate surface area is 90.5 Å². The van der Waals surface area contributed by atoms with Crippen molar-refractivity contribution in [2.45, 2.75) is 19.1 Å². The highest BCUT2D eigenvalue weighted by Gasteiger charge is 2.35. The Kier molecular flexibility index (Phi) is 3.51. The summed E-state index contributed by atoms with van der Waals surface area (Å²) in [5.41, 5.74) is 1.26. The number of nitrogens with one attached hydrogen (secondary N) is 1. The van der Waals surface area contributed by atoms with E-state index in [1.807, 2.05) is 0 Å². The summed E-state index contributed by atoms with van der Waals surface area (Å²) in [6, 6.07) is 0. The number of halogens is 4. The van der Waals surface area contributed by atoms with Gasteiger partial charge in [-0.25, -0.2) is 9.97 Å². The lowest BCUT2D eigenvalue weighted by Gasteiger charge is -2.16. The zero-order valence-corrected chi connectivity index (χ0v) is 8.45. The fourth-order valence-corrected chi connectivity index (χ4v) is 1.37. The Bertz CT molecular complexity index is 353. The second kappa shape index (κ2) is 4.32. The van der Waals surface area contributed by atoms with Crippen LogP contribution in [0, 0.1) is 0 Å². The number of nitrogens with zero attached hydrogens (tertiary/aromatic N) is 2. The van der Waals surface area contributed by atoms with Crippen LogP contribution < -0.4 is 5.32 Å². The molecule has 2 heterocycles. The minimum Gasteiger partial charge on any atom is -0.311 e. The molecule has 0 bridgehead atoms. The van der Waals surface area contributed by atoms with E-state index in [1.54, 1.807) is 0 Å². The molecule has 1 aliphatic heterocycles. The van der Waals surface area contributed by atoms with Crippen LogP contribution in [0.3, 0.4) is 0 Å². The number of rotatable bonds is 0. The molecule has 0 saturated heterocycles. The highest BCUT2D eigenvalue weighted by atomic mass is 35.5. The normalized spacial score (nSPS) is 15.4. The van der Waals surface area contributed by atoms with Crippen molar-refractivity contribution in [3.8, 4) is 0 Å². The average Bonchev–Trinajstić information content (AvgIpc) is 2.16. The van der Waals surface area contributed by atoms with E-state index >= 15 is 0 Å². The molecule has 7 heteroatoms. The molecule has 2 rings (SSSR count). The van der Waals surface area contributed by atoms with Crippen molar-refractivity contribution in [3.05, 3.63) is 23.3 Å². The molecule has 1 aliphatic rings. The maximum Gasteiger partial charge on any atom is 0.451 e. The van der Waals surface area contributed by atoms with Crippen LogP contribution in [0.15, 0.2) is 6.20 Å². The predicted octanol–water partition coefficient (Wildman–Crippen LogP) is 1.56. The lowest BCUT2D eigenvalue weighted by Crippen LogP contribution is -2.26. The molecule has 0 amide bonds. The van der Waals surface area contributed by atoms with Crippen molar-refractivity contribution in [3.63, 3.8) is 0 Å². The van der Waals surface area contributed by atoms with Crippen molar-refractivity contribution in [2.75, 3.05) is 6.54 Å². The van der Waals surface area contributed by atoms with Gasteiger partial charge in [0.25, 0.3) is 0 Å². The van der Waals surface area contributed by atoms with Gasteiger partial charge in [0.05, 0.1) is 5.69 Å². The van der Waals surface area contributed by atoms with Gasteiger partial charge >= 0.3 is 6.18 Å². The van der Waals surface area contributed by atoms with Gasteiger partial charge in [-0.05, 0) is 18.5 Å². The van der Waals surface area contributed by atoms with Crippen molar-refractivity contribution >= 4 is 12.4 Å². The molecule has 1 aromatic rings. The molecule has 1 N–H and O–H groups in total. The van der Waals surface area contributed by atoms with Gasteiger partial charge in [0.15, 0.2) is 0 Å². The van der Waals surface area contributed by atoms with Gasteiger partial charge in [-0.1, -0.05) is 0 Å². The number of hydrogen-bond acceptors (Lipinski definition) is 3. The molecule has 3 nitrogen and oxygen atoms in total. The van der Waals surface area contributed by atoms with Crippen molar-refractivity contribution in [2.24, 2.45) is 0 Å². The van der Waals surface area contributed by atoms with Gasteiger partial charge in [0.1, 0.15) is 0 Å². The Morgan fingerprint density at radius 2 is 2.07 bits per heavy atom. The maximum absolute atomic E-state index is 12.2. The van der Waals surface area contributed by atoms with Crippen LogP contribution in [-0.4, -0.2) is 16.5 Å². The molecule has 0 unspecified atom stereocenters. The summed E-state index contributed by atoms with van der Waals surface area (Å²) in [5.74, 6) is -1.06. The quantitative estimate of drug-likeness (QED) is 0.747. The van der Waals surface area contributed by atoms with Crippen LogP contribution in [0.2, 0.25) is 0 Å². The van der Waals surface area contributed by atoms with Crippen LogP contribution in [0.25, 0.3) is 0 Å². The second-order valence-electron chi connectivity index (χ2n) is 3.09. The van der Waals surface area contributed by atoms with Crippen LogP contribution >= 0.6 is 12.4 Å². The maximum atomic E-state index is 12.2. The molecule has 0 saturated carbocycles. The molecule has 0 aliphatic carbocycles. The van der Waals surface area contributed by atoms with E-state index in [4.69, 9.17) is 0 Å². The first kappa shape index (κ1) is 12.2. The van der Waals surface area contributed by atoms with E-state index < -0.39 is 12.0 Å². The Hall–Kier alpha value is -0.880. The molecular weight excluding hydrogens is 231 g/mol. The second-order valence-corrected chi connectivity index (χ2v) is 3.09. The monoisotopic (exact) mass is 239 g/mol. The van der Waals surface area contributed by atoms with Crippen molar-refractivity contribution in [1.29, 1.82) is 0 Å². The molecule has 0 radical (unpaired) electrons. The van der Waals surface area contributed by atoms with Crippen molar-refractivity contribution < 1.29 is 13.2 Å². The average molecular weight is 240 g/mol. The Morgan fingerprint density at radius 1 is 1.33 bits per heavy atom.